The van der Waals surface area contributed by atoms with Crippen LogP contribution in [0.1, 0.15) is 10.4 Å². The van der Waals surface area contributed by atoms with Gasteiger partial charge in [-0.05, 0) is 29.5 Å². The number of aliphatic imine (C=N–C) groups is 1. The van der Waals surface area contributed by atoms with Crippen molar-refractivity contribution in [1.29, 1.82) is 0 Å². The fourth-order valence-corrected chi connectivity index (χ4v) is 3.35. The summed E-state index contributed by atoms with van der Waals surface area (Å²) in [5.41, 5.74) is 2.41. The zero-order valence-corrected chi connectivity index (χ0v) is 19.2. The summed E-state index contributed by atoms with van der Waals surface area (Å²) in [5.74, 6) is 0.627. The summed E-state index contributed by atoms with van der Waals surface area (Å²) < 4.78 is 0. The number of nitrogens with zero attached hydrogens (tertiary/aromatic N) is 2. The Balaban J connectivity index is 0.00000280. The lowest BCUT2D eigenvalue weighted by Gasteiger charge is -2.13. The van der Waals surface area contributed by atoms with Gasteiger partial charge >= 0.3 is 0 Å². The number of rotatable bonds is 7. The molecule has 3 aromatic rings. The third kappa shape index (κ3) is 6.23. The van der Waals surface area contributed by atoms with Crippen LogP contribution in [0.2, 0.25) is 0 Å². The van der Waals surface area contributed by atoms with Crippen LogP contribution in [0.5, 0.6) is 0 Å². The number of guanidine groups is 1. The van der Waals surface area contributed by atoms with Gasteiger partial charge in [-0.25, -0.2) is 4.99 Å². The van der Waals surface area contributed by atoms with Crippen molar-refractivity contribution in [2.45, 2.75) is 13.0 Å². The number of benzene rings is 1. The van der Waals surface area contributed by atoms with Crippen LogP contribution in [-0.4, -0.2) is 48.9 Å². The number of aromatic amines is 1. The maximum Gasteiger partial charge on any atom is 0.243 e. The Morgan fingerprint density at radius 2 is 2.00 bits per heavy atom. The van der Waals surface area contributed by atoms with Crippen LogP contribution < -0.4 is 10.6 Å². The van der Waals surface area contributed by atoms with Gasteiger partial charge in [0, 0.05) is 42.6 Å². The van der Waals surface area contributed by atoms with Gasteiger partial charge in [0.2, 0.25) is 5.91 Å². The van der Waals surface area contributed by atoms with Crippen molar-refractivity contribution in [3.05, 3.63) is 58.4 Å². The molecule has 0 atom stereocenters. The maximum absolute atomic E-state index is 11.8. The number of H-pyrrole nitrogens is 1. The summed E-state index contributed by atoms with van der Waals surface area (Å²) in [4.78, 5) is 22.3. The van der Waals surface area contributed by atoms with Crippen LogP contribution in [0.4, 0.5) is 0 Å². The van der Waals surface area contributed by atoms with E-state index < -0.39 is 0 Å². The highest BCUT2D eigenvalue weighted by Gasteiger charge is 2.06. The topological polar surface area (TPSA) is 72.5 Å². The van der Waals surface area contributed by atoms with E-state index in [4.69, 9.17) is 0 Å². The summed E-state index contributed by atoms with van der Waals surface area (Å²) in [6.45, 7) is 1.54. The normalized spacial score (nSPS) is 11.1. The van der Waals surface area contributed by atoms with E-state index in [-0.39, 0.29) is 36.4 Å². The summed E-state index contributed by atoms with van der Waals surface area (Å²) in [5, 5.41) is 9.93. The largest absolute Gasteiger partial charge is 0.361 e. The Morgan fingerprint density at radius 1 is 1.18 bits per heavy atom. The van der Waals surface area contributed by atoms with Gasteiger partial charge in [-0.2, -0.15) is 0 Å². The molecule has 3 N–H and O–H groups in total. The Labute approximate surface area is 186 Å². The number of nitrogens with one attached hydrogen (secondary N) is 3. The molecule has 1 aromatic carbocycles. The number of hydrogen-bond donors (Lipinski definition) is 3. The first kappa shape index (κ1) is 22.2. The van der Waals surface area contributed by atoms with Crippen molar-refractivity contribution >= 4 is 58.1 Å². The van der Waals surface area contributed by atoms with E-state index in [0.29, 0.717) is 12.5 Å². The molecule has 0 aliphatic carbocycles. The van der Waals surface area contributed by atoms with Gasteiger partial charge < -0.3 is 20.5 Å². The second-order valence-corrected chi connectivity index (χ2v) is 7.45. The number of para-hydroxylation sites is 1. The van der Waals surface area contributed by atoms with Crippen molar-refractivity contribution in [2.75, 3.05) is 27.2 Å². The highest BCUT2D eigenvalue weighted by Crippen LogP contribution is 2.17. The molecule has 150 valence electrons. The molecular formula is C20H26IN5OS. The molecule has 0 spiro atoms. The molecule has 28 heavy (non-hydrogen) atoms. The number of amides is 1. The molecule has 0 bridgehead atoms. The first-order valence-corrected chi connectivity index (χ1v) is 9.81. The highest BCUT2D eigenvalue weighted by molar-refractivity contribution is 14.0. The van der Waals surface area contributed by atoms with Crippen molar-refractivity contribution in [3.8, 4) is 0 Å². The number of aromatic nitrogens is 1. The van der Waals surface area contributed by atoms with E-state index in [2.05, 4.69) is 51.1 Å². The SMILES string of the molecule is CN(C)C(=O)CN=C(NCCc1c[nH]c2ccccc12)NCc1cccs1.I. The zero-order chi connectivity index (χ0) is 19.1. The van der Waals surface area contributed by atoms with Gasteiger partial charge in [0.1, 0.15) is 6.54 Å². The predicted octanol–water partition coefficient (Wildman–Crippen LogP) is 3.21. The molecule has 2 aromatic heterocycles. The third-order valence-electron chi connectivity index (χ3n) is 4.24. The van der Waals surface area contributed by atoms with Gasteiger partial charge in [-0.1, -0.05) is 24.3 Å². The van der Waals surface area contributed by atoms with Gasteiger partial charge in [-0.3, -0.25) is 4.79 Å². The summed E-state index contributed by atoms with van der Waals surface area (Å²) in [6.07, 6.45) is 2.92. The zero-order valence-electron chi connectivity index (χ0n) is 16.1. The van der Waals surface area contributed by atoms with E-state index in [1.807, 2.05) is 17.5 Å². The predicted molar refractivity (Wildman–Crippen MR) is 128 cm³/mol. The molecule has 2 heterocycles. The van der Waals surface area contributed by atoms with Gasteiger partial charge in [0.15, 0.2) is 5.96 Å². The Hall–Kier alpha value is -2.07. The lowest BCUT2D eigenvalue weighted by atomic mass is 10.1. The number of carbonyl (C=O) groups is 1. The number of carbonyl (C=O) groups excluding carboxylic acids is 1. The molecule has 6 nitrogen and oxygen atoms in total. The summed E-state index contributed by atoms with van der Waals surface area (Å²) in [6, 6.07) is 12.4. The lowest BCUT2D eigenvalue weighted by molar-refractivity contribution is -0.127. The van der Waals surface area contributed by atoms with Gasteiger partial charge in [0.05, 0.1) is 6.54 Å². The number of fused-ring (bicyclic) bond motifs is 1. The second kappa shape index (κ2) is 11.1. The Kier molecular flexibility index (Phi) is 8.78. The van der Waals surface area contributed by atoms with E-state index in [1.54, 1.807) is 30.3 Å². The molecule has 1 amide bonds. The minimum Gasteiger partial charge on any atom is -0.361 e. The van der Waals surface area contributed by atoms with E-state index >= 15 is 0 Å². The van der Waals surface area contributed by atoms with Crippen LogP contribution in [0.15, 0.2) is 53.0 Å². The van der Waals surface area contributed by atoms with E-state index in [9.17, 15) is 4.79 Å². The second-order valence-electron chi connectivity index (χ2n) is 6.42. The third-order valence-corrected chi connectivity index (χ3v) is 5.12. The molecule has 0 fully saturated rings. The molecular weight excluding hydrogens is 485 g/mol. The van der Waals surface area contributed by atoms with E-state index in [1.165, 1.54) is 15.8 Å². The first-order valence-electron chi connectivity index (χ1n) is 8.93. The first-order chi connectivity index (χ1) is 13.1. The number of likely N-dealkylation sites (N-methyl/N-ethyl adjacent to an activating group) is 1. The number of thiophene rings is 1. The Morgan fingerprint density at radius 3 is 2.75 bits per heavy atom. The molecule has 8 heteroatoms. The minimum atomic E-state index is -0.0242. The monoisotopic (exact) mass is 511 g/mol. The number of hydrogen-bond acceptors (Lipinski definition) is 3. The average Bonchev–Trinajstić information content (AvgIpc) is 3.33. The highest BCUT2D eigenvalue weighted by atomic mass is 127. The lowest BCUT2D eigenvalue weighted by Crippen LogP contribution is -2.39. The number of halogens is 1. The van der Waals surface area contributed by atoms with Crippen molar-refractivity contribution in [3.63, 3.8) is 0 Å². The van der Waals surface area contributed by atoms with Crippen molar-refractivity contribution < 1.29 is 4.79 Å². The van der Waals surface area contributed by atoms with Crippen molar-refractivity contribution in [1.82, 2.24) is 20.5 Å². The maximum atomic E-state index is 11.8. The Bertz CT molecular complexity index is 904. The summed E-state index contributed by atoms with van der Waals surface area (Å²) >= 11 is 1.69. The van der Waals surface area contributed by atoms with Gasteiger partial charge in [-0.15, -0.1) is 35.3 Å². The van der Waals surface area contributed by atoms with Crippen molar-refractivity contribution in [2.24, 2.45) is 4.99 Å². The smallest absolute Gasteiger partial charge is 0.243 e. The van der Waals surface area contributed by atoms with E-state index in [0.717, 1.165) is 18.5 Å². The van der Waals surface area contributed by atoms with Crippen LogP contribution in [0.25, 0.3) is 10.9 Å². The van der Waals surface area contributed by atoms with Gasteiger partial charge in [0.25, 0.3) is 0 Å². The van der Waals surface area contributed by atoms with Crippen LogP contribution in [0, 0.1) is 0 Å². The fourth-order valence-electron chi connectivity index (χ4n) is 2.70. The molecule has 0 saturated carbocycles. The minimum absolute atomic E-state index is 0. The molecule has 0 unspecified atom stereocenters. The molecule has 0 aliphatic heterocycles. The average molecular weight is 511 g/mol. The molecule has 0 radical (unpaired) electrons. The quantitative estimate of drug-likeness (QED) is 0.259. The van der Waals surface area contributed by atoms with Crippen LogP contribution in [0.3, 0.4) is 0 Å². The molecule has 3 rings (SSSR count). The summed E-state index contributed by atoms with van der Waals surface area (Å²) in [7, 11) is 3.47. The fraction of sp³-hybridized carbons (Fsp3) is 0.300. The van der Waals surface area contributed by atoms with Crippen LogP contribution >= 0.6 is 35.3 Å². The molecule has 0 saturated heterocycles. The molecule has 0 aliphatic rings. The standard InChI is InChI=1S/C20H25N5OS.HI/c1-25(2)19(26)14-24-20(23-13-16-6-5-11-27-16)21-10-9-15-12-22-18-8-4-3-7-17(15)18;/h3-8,11-12,22H,9-10,13-14H2,1-2H3,(H2,21,23,24);1H. The van der Waals surface area contributed by atoms with Crippen LogP contribution in [-0.2, 0) is 17.8 Å².